The molecule has 0 aromatic rings. The van der Waals surface area contributed by atoms with Crippen LogP contribution >= 0.6 is 0 Å². The van der Waals surface area contributed by atoms with Crippen molar-refractivity contribution in [3.63, 3.8) is 0 Å². The Hall–Kier alpha value is -1.48. The normalized spacial score (nSPS) is 16.6. The molecule has 0 saturated carbocycles. The molecule has 0 bridgehead atoms. The van der Waals surface area contributed by atoms with Gasteiger partial charge in [0.2, 0.25) is 0 Å². The van der Waals surface area contributed by atoms with Gasteiger partial charge in [-0.2, -0.15) is 0 Å². The molecule has 0 aliphatic carbocycles. The predicted molar refractivity (Wildman–Crippen MR) is 66.4 cm³/mol. The first-order valence-corrected chi connectivity index (χ1v) is 4.90. The molecule has 2 nitrogen and oxygen atoms in total. The summed E-state index contributed by atoms with van der Waals surface area (Å²) in [5, 5.41) is 19.4. The second-order valence-corrected chi connectivity index (χ2v) is 4.21. The lowest BCUT2D eigenvalue weighted by molar-refractivity contribution is 0.161. The van der Waals surface area contributed by atoms with Crippen LogP contribution in [0.1, 0.15) is 27.7 Å². The van der Waals surface area contributed by atoms with Crippen LogP contribution < -0.4 is 0 Å². The van der Waals surface area contributed by atoms with E-state index in [0.717, 1.165) is 0 Å². The number of hydrogen-bond acceptors (Lipinski definition) is 2. The van der Waals surface area contributed by atoms with Crippen molar-refractivity contribution < 1.29 is 10.2 Å². The first kappa shape index (κ1) is 14.5. The van der Waals surface area contributed by atoms with Crippen LogP contribution in [0.3, 0.4) is 0 Å². The molecule has 0 rings (SSSR count). The Kier molecular flexibility index (Phi) is 4.57. The first-order valence-electron chi connectivity index (χ1n) is 4.90. The van der Waals surface area contributed by atoms with E-state index in [9.17, 15) is 10.2 Å². The fourth-order valence-electron chi connectivity index (χ4n) is 0.519. The molecular formula is C14H18O2. The molecule has 0 amide bonds. The molecule has 0 saturated heterocycles. The smallest absolute Gasteiger partial charge is 0.144 e. The minimum atomic E-state index is -1.25. The second-order valence-electron chi connectivity index (χ2n) is 4.21. The highest BCUT2D eigenvalue weighted by atomic mass is 16.3. The highest BCUT2D eigenvalue weighted by Gasteiger charge is 2.18. The summed E-state index contributed by atoms with van der Waals surface area (Å²) >= 11 is 0. The van der Waals surface area contributed by atoms with Crippen LogP contribution in [-0.4, -0.2) is 21.4 Å². The number of hydrogen-bond donors (Lipinski definition) is 2. The van der Waals surface area contributed by atoms with Gasteiger partial charge in [0.05, 0.1) is 0 Å². The van der Waals surface area contributed by atoms with Gasteiger partial charge in [0.15, 0.2) is 0 Å². The summed E-state index contributed by atoms with van der Waals surface area (Å²) in [5.74, 6) is 10.1. The van der Waals surface area contributed by atoms with Crippen molar-refractivity contribution in [3.05, 3.63) is 24.3 Å². The molecule has 0 aromatic carbocycles. The molecular weight excluding hydrogens is 200 g/mol. The Morgan fingerprint density at radius 1 is 0.875 bits per heavy atom. The summed E-state index contributed by atoms with van der Waals surface area (Å²) in [4.78, 5) is 0. The predicted octanol–water partition coefficient (Wildman–Crippen LogP) is 1.65. The summed E-state index contributed by atoms with van der Waals surface area (Å²) in [5.41, 5.74) is -1.39. The fourth-order valence-corrected chi connectivity index (χ4v) is 0.519. The van der Waals surface area contributed by atoms with Gasteiger partial charge in [-0.25, -0.2) is 0 Å². The van der Waals surface area contributed by atoms with Gasteiger partial charge >= 0.3 is 0 Å². The van der Waals surface area contributed by atoms with Crippen LogP contribution in [0.2, 0.25) is 0 Å². The van der Waals surface area contributed by atoms with E-state index < -0.39 is 11.2 Å². The Bertz CT molecular complexity index is 375. The molecule has 2 heteroatoms. The molecule has 2 N–H and O–H groups in total. The second kappa shape index (κ2) is 5.03. The summed E-state index contributed by atoms with van der Waals surface area (Å²) in [6.45, 7) is 13.7. The molecule has 2 atom stereocenters. The van der Waals surface area contributed by atoms with Crippen molar-refractivity contribution in [1.29, 1.82) is 0 Å². The average molecular weight is 218 g/mol. The Labute approximate surface area is 97.7 Å². The lowest BCUT2D eigenvalue weighted by atomic mass is 9.99. The third kappa shape index (κ3) is 4.36. The molecule has 0 unspecified atom stereocenters. The third-order valence-corrected chi connectivity index (χ3v) is 2.34. The summed E-state index contributed by atoms with van der Waals surface area (Å²) in [6, 6.07) is 0. The van der Waals surface area contributed by atoms with Gasteiger partial charge in [-0.15, -0.1) is 0 Å². The molecule has 86 valence electrons. The number of aliphatic hydroxyl groups is 2. The Balaban J connectivity index is 4.85. The first-order chi connectivity index (χ1) is 7.09. The standard InChI is InChI=1S/C14H18O2/c1-11(2)13(5,15)9-7-8-10-14(6,16)12(3)4/h15-16H,1,3H2,2,4-6H3/t13-,14-/m0/s1. The van der Waals surface area contributed by atoms with Crippen molar-refractivity contribution in [3.8, 4) is 23.7 Å². The van der Waals surface area contributed by atoms with Gasteiger partial charge in [0.1, 0.15) is 11.2 Å². The van der Waals surface area contributed by atoms with E-state index in [1.54, 1.807) is 27.7 Å². The Morgan fingerprint density at radius 2 is 1.12 bits per heavy atom. The lowest BCUT2D eigenvalue weighted by Crippen LogP contribution is -2.22. The maximum Gasteiger partial charge on any atom is 0.144 e. The zero-order chi connectivity index (χ0) is 13.0. The van der Waals surface area contributed by atoms with Crippen LogP contribution in [0.15, 0.2) is 24.3 Å². The van der Waals surface area contributed by atoms with E-state index in [1.807, 2.05) is 0 Å². The number of rotatable bonds is 2. The van der Waals surface area contributed by atoms with Gasteiger partial charge in [-0.1, -0.05) is 13.2 Å². The highest BCUT2D eigenvalue weighted by molar-refractivity contribution is 5.38. The largest absolute Gasteiger partial charge is 0.374 e. The van der Waals surface area contributed by atoms with Crippen LogP contribution in [-0.2, 0) is 0 Å². The SMILES string of the molecule is C=C(C)[C@@](C)(O)C#CC#C[C@](C)(O)C(=C)C. The van der Waals surface area contributed by atoms with Gasteiger partial charge in [-0.05, 0) is 62.5 Å². The molecule has 0 aliphatic rings. The van der Waals surface area contributed by atoms with Gasteiger partial charge in [0, 0.05) is 0 Å². The van der Waals surface area contributed by atoms with Crippen molar-refractivity contribution in [2.24, 2.45) is 0 Å². The molecule has 16 heavy (non-hydrogen) atoms. The van der Waals surface area contributed by atoms with Crippen LogP contribution in [0, 0.1) is 23.7 Å². The molecule has 0 heterocycles. The van der Waals surface area contributed by atoms with Crippen molar-refractivity contribution in [2.45, 2.75) is 38.9 Å². The average Bonchev–Trinajstić information content (AvgIpc) is 2.12. The van der Waals surface area contributed by atoms with Crippen LogP contribution in [0.25, 0.3) is 0 Å². The zero-order valence-corrected chi connectivity index (χ0v) is 10.3. The molecule has 0 spiro atoms. The van der Waals surface area contributed by atoms with Crippen molar-refractivity contribution in [1.82, 2.24) is 0 Å². The van der Waals surface area contributed by atoms with Gasteiger partial charge in [-0.3, -0.25) is 0 Å². The van der Waals surface area contributed by atoms with E-state index >= 15 is 0 Å². The zero-order valence-electron chi connectivity index (χ0n) is 10.3. The lowest BCUT2D eigenvalue weighted by Gasteiger charge is -2.15. The van der Waals surface area contributed by atoms with E-state index in [1.165, 1.54) is 0 Å². The fraction of sp³-hybridized carbons (Fsp3) is 0.429. The summed E-state index contributed by atoms with van der Waals surface area (Å²) in [7, 11) is 0. The quantitative estimate of drug-likeness (QED) is 0.546. The maximum atomic E-state index is 9.71. The van der Waals surface area contributed by atoms with Crippen LogP contribution in [0.5, 0.6) is 0 Å². The van der Waals surface area contributed by atoms with E-state index in [0.29, 0.717) is 11.1 Å². The topological polar surface area (TPSA) is 40.5 Å². The molecule has 0 aromatic heterocycles. The van der Waals surface area contributed by atoms with Gasteiger partial charge < -0.3 is 10.2 Å². The molecule has 0 radical (unpaired) electrons. The summed E-state index contributed by atoms with van der Waals surface area (Å²) < 4.78 is 0. The Morgan fingerprint density at radius 3 is 1.31 bits per heavy atom. The van der Waals surface area contributed by atoms with Crippen molar-refractivity contribution >= 4 is 0 Å². The van der Waals surface area contributed by atoms with Crippen LogP contribution in [0.4, 0.5) is 0 Å². The third-order valence-electron chi connectivity index (χ3n) is 2.34. The molecule has 0 aliphatic heterocycles. The van der Waals surface area contributed by atoms with Gasteiger partial charge in [0.25, 0.3) is 0 Å². The maximum absolute atomic E-state index is 9.71. The minimum absolute atomic E-state index is 0.550. The van der Waals surface area contributed by atoms with E-state index in [2.05, 4.69) is 36.8 Å². The highest BCUT2D eigenvalue weighted by Crippen LogP contribution is 2.12. The monoisotopic (exact) mass is 218 g/mol. The minimum Gasteiger partial charge on any atom is -0.374 e. The molecule has 0 fully saturated rings. The van der Waals surface area contributed by atoms with E-state index in [-0.39, 0.29) is 0 Å². The van der Waals surface area contributed by atoms with E-state index in [4.69, 9.17) is 0 Å². The van der Waals surface area contributed by atoms with Crippen molar-refractivity contribution in [2.75, 3.05) is 0 Å². The summed E-state index contributed by atoms with van der Waals surface area (Å²) in [6.07, 6.45) is 0.